The lowest BCUT2D eigenvalue weighted by atomic mass is 10.2. The first kappa shape index (κ1) is 11.0. The van der Waals surface area contributed by atoms with Gasteiger partial charge in [-0.1, -0.05) is 0 Å². The molecule has 0 radical (unpaired) electrons. The van der Waals surface area contributed by atoms with Crippen molar-refractivity contribution in [2.45, 2.75) is 6.43 Å². The van der Waals surface area contributed by atoms with Crippen LogP contribution in [0.5, 0.6) is 0 Å². The molecular formula is C7H3BrF3NO2. The van der Waals surface area contributed by atoms with Gasteiger partial charge in [-0.15, -0.1) is 0 Å². The lowest BCUT2D eigenvalue weighted by Crippen LogP contribution is -1.98. The van der Waals surface area contributed by atoms with Crippen molar-refractivity contribution in [3.8, 4) is 0 Å². The third-order valence-electron chi connectivity index (χ3n) is 1.52. The van der Waals surface area contributed by atoms with Crippen LogP contribution in [0.25, 0.3) is 0 Å². The van der Waals surface area contributed by atoms with Crippen LogP contribution < -0.4 is 0 Å². The molecule has 0 N–H and O–H groups in total. The monoisotopic (exact) mass is 269 g/mol. The molecule has 0 unspecified atom stereocenters. The van der Waals surface area contributed by atoms with Crippen LogP contribution in [0.4, 0.5) is 18.9 Å². The highest BCUT2D eigenvalue weighted by atomic mass is 79.9. The second-order valence-electron chi connectivity index (χ2n) is 2.35. The van der Waals surface area contributed by atoms with Crippen molar-refractivity contribution >= 4 is 21.6 Å². The number of alkyl halides is 2. The first-order chi connectivity index (χ1) is 6.45. The third kappa shape index (κ3) is 1.87. The number of benzene rings is 1. The summed E-state index contributed by atoms with van der Waals surface area (Å²) in [5.41, 5.74) is -1.73. The highest BCUT2D eigenvalue weighted by molar-refractivity contribution is 9.10. The molecule has 0 aromatic heterocycles. The van der Waals surface area contributed by atoms with E-state index in [2.05, 4.69) is 15.9 Å². The molecule has 0 aliphatic carbocycles. The van der Waals surface area contributed by atoms with Crippen molar-refractivity contribution in [3.63, 3.8) is 0 Å². The molecule has 1 rings (SSSR count). The number of nitro benzene ring substituents is 1. The van der Waals surface area contributed by atoms with Gasteiger partial charge in [0.2, 0.25) is 0 Å². The minimum Gasteiger partial charge on any atom is -0.258 e. The maximum absolute atomic E-state index is 12.8. The molecular weight excluding hydrogens is 267 g/mol. The summed E-state index contributed by atoms with van der Waals surface area (Å²) in [7, 11) is 0. The van der Waals surface area contributed by atoms with Crippen LogP contribution in [-0.2, 0) is 0 Å². The Morgan fingerprint density at radius 2 is 2.00 bits per heavy atom. The van der Waals surface area contributed by atoms with E-state index in [1.54, 1.807) is 0 Å². The number of hydrogen-bond donors (Lipinski definition) is 0. The van der Waals surface area contributed by atoms with E-state index < -0.39 is 32.9 Å². The van der Waals surface area contributed by atoms with E-state index in [4.69, 9.17) is 0 Å². The van der Waals surface area contributed by atoms with E-state index in [0.717, 1.165) is 6.07 Å². The maximum atomic E-state index is 12.8. The highest BCUT2D eigenvalue weighted by Gasteiger charge is 2.26. The van der Waals surface area contributed by atoms with E-state index >= 15 is 0 Å². The van der Waals surface area contributed by atoms with Gasteiger partial charge in [0, 0.05) is 6.07 Å². The molecule has 0 saturated heterocycles. The molecule has 0 saturated carbocycles. The summed E-state index contributed by atoms with van der Waals surface area (Å²) in [6.07, 6.45) is -3.10. The smallest absolute Gasteiger partial charge is 0.258 e. The second kappa shape index (κ2) is 3.95. The van der Waals surface area contributed by atoms with E-state index in [9.17, 15) is 23.3 Å². The van der Waals surface area contributed by atoms with Gasteiger partial charge < -0.3 is 0 Å². The number of rotatable bonds is 2. The van der Waals surface area contributed by atoms with Gasteiger partial charge in [0.1, 0.15) is 11.4 Å². The molecule has 14 heavy (non-hydrogen) atoms. The maximum Gasteiger partial charge on any atom is 0.279 e. The normalized spacial score (nSPS) is 10.6. The lowest BCUT2D eigenvalue weighted by Gasteiger charge is -2.04. The molecule has 0 fully saturated rings. The zero-order valence-electron chi connectivity index (χ0n) is 6.51. The minimum absolute atomic E-state index is 0.568. The molecule has 0 heterocycles. The molecule has 76 valence electrons. The van der Waals surface area contributed by atoms with Gasteiger partial charge in [0.15, 0.2) is 0 Å². The fourth-order valence-corrected chi connectivity index (χ4v) is 1.43. The van der Waals surface area contributed by atoms with E-state index in [0.29, 0.717) is 6.07 Å². The van der Waals surface area contributed by atoms with Crippen molar-refractivity contribution < 1.29 is 18.1 Å². The highest BCUT2D eigenvalue weighted by Crippen LogP contribution is 2.36. The number of nitro groups is 1. The van der Waals surface area contributed by atoms with E-state index in [1.807, 2.05) is 0 Å². The average Bonchev–Trinajstić information content (AvgIpc) is 2.08. The second-order valence-corrected chi connectivity index (χ2v) is 3.14. The largest absolute Gasteiger partial charge is 0.279 e. The van der Waals surface area contributed by atoms with Crippen LogP contribution >= 0.6 is 15.9 Å². The molecule has 0 amide bonds. The Morgan fingerprint density at radius 1 is 1.43 bits per heavy atom. The predicted octanol–water partition coefficient (Wildman–Crippen LogP) is 3.43. The van der Waals surface area contributed by atoms with Crippen LogP contribution in [0.2, 0.25) is 0 Å². The SMILES string of the molecule is O=[N+]([O-])c1ccc(F)c(Br)c1C(F)F. The van der Waals surface area contributed by atoms with Crippen LogP contribution in [0.3, 0.4) is 0 Å². The van der Waals surface area contributed by atoms with Crippen LogP contribution in [0.15, 0.2) is 16.6 Å². The Bertz CT molecular complexity index is 383. The van der Waals surface area contributed by atoms with Crippen LogP contribution in [0.1, 0.15) is 12.0 Å². The van der Waals surface area contributed by atoms with Gasteiger partial charge in [-0.3, -0.25) is 10.1 Å². The van der Waals surface area contributed by atoms with Gasteiger partial charge in [0.25, 0.3) is 12.1 Å². The summed E-state index contributed by atoms with van der Waals surface area (Å²) in [6, 6.07) is 1.47. The van der Waals surface area contributed by atoms with Crippen molar-refractivity contribution in [1.82, 2.24) is 0 Å². The number of halogens is 4. The van der Waals surface area contributed by atoms with Gasteiger partial charge in [-0.05, 0) is 22.0 Å². The number of hydrogen-bond acceptors (Lipinski definition) is 2. The molecule has 3 nitrogen and oxygen atoms in total. The molecule has 7 heteroatoms. The van der Waals surface area contributed by atoms with Crippen LogP contribution in [0, 0.1) is 15.9 Å². The predicted molar refractivity (Wildman–Crippen MR) is 45.7 cm³/mol. The van der Waals surface area contributed by atoms with Crippen molar-refractivity contribution in [1.29, 1.82) is 0 Å². The Morgan fingerprint density at radius 3 is 2.43 bits per heavy atom. The first-order valence-electron chi connectivity index (χ1n) is 3.35. The Hall–Kier alpha value is -1.11. The van der Waals surface area contributed by atoms with Crippen LogP contribution in [-0.4, -0.2) is 4.92 Å². The van der Waals surface area contributed by atoms with E-state index in [1.165, 1.54) is 0 Å². The van der Waals surface area contributed by atoms with Gasteiger partial charge >= 0.3 is 0 Å². The Labute approximate surface area is 84.8 Å². The van der Waals surface area contributed by atoms with Crippen molar-refractivity contribution in [2.75, 3.05) is 0 Å². The van der Waals surface area contributed by atoms with Crippen molar-refractivity contribution in [2.24, 2.45) is 0 Å². The summed E-state index contributed by atoms with van der Waals surface area (Å²) in [6.45, 7) is 0. The summed E-state index contributed by atoms with van der Waals surface area (Å²) in [5.74, 6) is -0.953. The quantitative estimate of drug-likeness (QED) is 0.610. The Balaban J connectivity index is 3.45. The molecule has 0 spiro atoms. The zero-order chi connectivity index (χ0) is 10.9. The fourth-order valence-electron chi connectivity index (χ4n) is 0.923. The average molecular weight is 270 g/mol. The van der Waals surface area contributed by atoms with Gasteiger partial charge in [-0.2, -0.15) is 0 Å². The topological polar surface area (TPSA) is 43.1 Å². The molecule has 0 bridgehead atoms. The van der Waals surface area contributed by atoms with Crippen molar-refractivity contribution in [3.05, 3.63) is 38.1 Å². The van der Waals surface area contributed by atoms with E-state index in [-0.39, 0.29) is 0 Å². The summed E-state index contributed by atoms with van der Waals surface area (Å²) in [4.78, 5) is 9.34. The summed E-state index contributed by atoms with van der Waals surface area (Å²) < 4.78 is 36.9. The third-order valence-corrected chi connectivity index (χ3v) is 2.33. The first-order valence-corrected chi connectivity index (χ1v) is 4.15. The molecule has 0 aliphatic rings. The number of nitrogens with zero attached hydrogens (tertiary/aromatic N) is 1. The fraction of sp³-hybridized carbons (Fsp3) is 0.143. The molecule has 1 aromatic rings. The lowest BCUT2D eigenvalue weighted by molar-refractivity contribution is -0.386. The molecule has 0 atom stereocenters. The molecule has 0 aliphatic heterocycles. The van der Waals surface area contributed by atoms with Gasteiger partial charge in [0.05, 0.1) is 9.40 Å². The van der Waals surface area contributed by atoms with Gasteiger partial charge in [-0.25, -0.2) is 13.2 Å². The molecule has 1 aromatic carbocycles. The standard InChI is InChI=1S/C7H3BrF3NO2/c8-6-3(9)1-2-4(12(13)14)5(6)7(10)11/h1-2,7H. The summed E-state index contributed by atoms with van der Waals surface area (Å²) in [5, 5.41) is 10.3. The zero-order valence-corrected chi connectivity index (χ0v) is 8.09. The Kier molecular flexibility index (Phi) is 3.10. The minimum atomic E-state index is -3.10. The summed E-state index contributed by atoms with van der Waals surface area (Å²) >= 11 is 2.54.